The minimum Gasteiger partial charge on any atom is -0.369 e. The van der Waals surface area contributed by atoms with E-state index in [9.17, 15) is 0 Å². The molecule has 0 radical (unpaired) electrons. The average Bonchev–Trinajstić information content (AvgIpc) is 2.20. The van der Waals surface area contributed by atoms with Crippen LogP contribution in [-0.4, -0.2) is 24.3 Å². The maximum Gasteiger partial charge on any atom is 0.0702 e. The van der Waals surface area contributed by atoms with E-state index in [-0.39, 0.29) is 11.2 Å². The van der Waals surface area contributed by atoms with E-state index in [2.05, 4.69) is 33.0 Å². The lowest BCUT2D eigenvalue weighted by atomic mass is 9.76. The average molecular weight is 227 g/mol. The van der Waals surface area contributed by atoms with Crippen LogP contribution in [0.3, 0.4) is 0 Å². The molecule has 1 aliphatic carbocycles. The van der Waals surface area contributed by atoms with Crippen LogP contribution >= 0.6 is 0 Å². The molecule has 1 fully saturated rings. The van der Waals surface area contributed by atoms with Gasteiger partial charge >= 0.3 is 0 Å². The fraction of sp³-hybridized carbons (Fsp3) is 1.00. The van der Waals surface area contributed by atoms with Gasteiger partial charge in [0.1, 0.15) is 0 Å². The second-order valence-electron chi connectivity index (χ2n) is 5.75. The molecule has 0 bridgehead atoms. The zero-order chi connectivity index (χ0) is 12.1. The molecule has 2 heteroatoms. The van der Waals surface area contributed by atoms with Crippen molar-refractivity contribution in [1.82, 2.24) is 5.32 Å². The van der Waals surface area contributed by atoms with Crippen LogP contribution in [0.25, 0.3) is 0 Å². The van der Waals surface area contributed by atoms with Gasteiger partial charge in [-0.1, -0.05) is 13.8 Å². The first-order chi connectivity index (χ1) is 7.54. The Morgan fingerprint density at radius 3 is 2.31 bits per heavy atom. The van der Waals surface area contributed by atoms with Crippen molar-refractivity contribution in [3.05, 3.63) is 0 Å². The van der Waals surface area contributed by atoms with Crippen molar-refractivity contribution in [3.8, 4) is 0 Å². The molecule has 1 saturated carbocycles. The molecule has 0 aromatic carbocycles. The van der Waals surface area contributed by atoms with E-state index in [4.69, 9.17) is 4.74 Å². The highest BCUT2D eigenvalue weighted by molar-refractivity contribution is 4.92. The molecule has 0 aromatic heterocycles. The van der Waals surface area contributed by atoms with Gasteiger partial charge in [-0.3, -0.25) is 0 Å². The first-order valence-corrected chi connectivity index (χ1v) is 6.94. The van der Waals surface area contributed by atoms with Crippen molar-refractivity contribution in [1.29, 1.82) is 0 Å². The molecule has 0 heterocycles. The predicted octanol–water partition coefficient (Wildman–Crippen LogP) is 3.50. The number of rotatable bonds is 8. The second-order valence-corrected chi connectivity index (χ2v) is 5.75. The van der Waals surface area contributed by atoms with Crippen LogP contribution in [0.15, 0.2) is 0 Å². The summed E-state index contributed by atoms with van der Waals surface area (Å²) >= 11 is 0. The lowest BCUT2D eigenvalue weighted by molar-refractivity contribution is -0.181. The van der Waals surface area contributed by atoms with Crippen molar-refractivity contribution in [3.63, 3.8) is 0 Å². The van der Waals surface area contributed by atoms with Crippen molar-refractivity contribution in [2.75, 3.05) is 13.1 Å². The lowest BCUT2D eigenvalue weighted by Gasteiger charge is -2.47. The number of nitrogens with one attached hydrogen (secondary N) is 1. The third-order valence-corrected chi connectivity index (χ3v) is 3.79. The first kappa shape index (κ1) is 14.0. The normalized spacial score (nSPS) is 19.5. The van der Waals surface area contributed by atoms with E-state index in [0.717, 1.165) is 19.5 Å². The Morgan fingerprint density at radius 2 is 1.88 bits per heavy atom. The smallest absolute Gasteiger partial charge is 0.0702 e. The van der Waals surface area contributed by atoms with Crippen LogP contribution in [0.4, 0.5) is 0 Å². The van der Waals surface area contributed by atoms with Crippen molar-refractivity contribution >= 4 is 0 Å². The van der Waals surface area contributed by atoms with Gasteiger partial charge in [0.25, 0.3) is 0 Å². The maximum atomic E-state index is 6.35. The molecule has 1 N–H and O–H groups in total. The molecule has 1 aliphatic rings. The van der Waals surface area contributed by atoms with E-state index in [1.54, 1.807) is 0 Å². The van der Waals surface area contributed by atoms with Crippen LogP contribution in [0.5, 0.6) is 0 Å². The molecule has 0 aromatic rings. The fourth-order valence-electron chi connectivity index (χ4n) is 2.25. The molecular weight excluding hydrogens is 198 g/mol. The first-order valence-electron chi connectivity index (χ1n) is 6.94. The summed E-state index contributed by atoms with van der Waals surface area (Å²) in [6.45, 7) is 11.1. The lowest BCUT2D eigenvalue weighted by Crippen LogP contribution is -2.48. The highest BCUT2D eigenvalue weighted by Gasteiger charge is 2.41. The number of hydrogen-bond donors (Lipinski definition) is 1. The van der Waals surface area contributed by atoms with Crippen molar-refractivity contribution in [2.24, 2.45) is 0 Å². The summed E-state index contributed by atoms with van der Waals surface area (Å²) in [6.07, 6.45) is 7.34. The molecule has 2 nitrogen and oxygen atoms in total. The third kappa shape index (κ3) is 4.06. The molecule has 0 amide bonds. The Morgan fingerprint density at radius 1 is 1.19 bits per heavy atom. The Labute approximate surface area is 101 Å². The zero-order valence-electron chi connectivity index (χ0n) is 11.6. The summed E-state index contributed by atoms with van der Waals surface area (Å²) in [6, 6.07) is 0. The fourth-order valence-corrected chi connectivity index (χ4v) is 2.25. The Hall–Kier alpha value is -0.0800. The number of hydrogen-bond acceptors (Lipinski definition) is 2. The minimum absolute atomic E-state index is 0.0468. The van der Waals surface area contributed by atoms with Gasteiger partial charge in [-0.25, -0.2) is 0 Å². The largest absolute Gasteiger partial charge is 0.369 e. The molecule has 96 valence electrons. The molecule has 0 unspecified atom stereocenters. The SMILES string of the molecule is CCCNCCC1(OC(C)(C)CC)CCC1. The Bertz CT molecular complexity index is 197. The van der Waals surface area contributed by atoms with Gasteiger partial charge in [0.2, 0.25) is 0 Å². The molecule has 1 rings (SSSR count). The van der Waals surface area contributed by atoms with Crippen LogP contribution in [-0.2, 0) is 4.74 Å². The van der Waals surface area contributed by atoms with Crippen LogP contribution in [0.1, 0.15) is 66.2 Å². The van der Waals surface area contributed by atoms with Crippen LogP contribution in [0.2, 0.25) is 0 Å². The minimum atomic E-state index is 0.0468. The van der Waals surface area contributed by atoms with Crippen molar-refractivity contribution in [2.45, 2.75) is 77.4 Å². The van der Waals surface area contributed by atoms with Gasteiger partial charge in [-0.05, 0) is 65.5 Å². The van der Waals surface area contributed by atoms with Gasteiger partial charge in [-0.15, -0.1) is 0 Å². The van der Waals surface area contributed by atoms with E-state index in [0.29, 0.717) is 0 Å². The quantitative estimate of drug-likeness (QED) is 0.641. The zero-order valence-corrected chi connectivity index (χ0v) is 11.6. The topological polar surface area (TPSA) is 21.3 Å². The summed E-state index contributed by atoms with van der Waals surface area (Å²) < 4.78 is 6.35. The second kappa shape index (κ2) is 6.02. The molecular formula is C14H29NO. The van der Waals surface area contributed by atoms with E-state index in [1.807, 2.05) is 0 Å². The highest BCUT2D eigenvalue weighted by atomic mass is 16.5. The standard InChI is InChI=1S/C14H29NO/c1-5-11-15-12-10-14(8-7-9-14)16-13(3,4)6-2/h15H,5-12H2,1-4H3. The summed E-state index contributed by atoms with van der Waals surface area (Å²) in [5.41, 5.74) is 0.241. The van der Waals surface area contributed by atoms with E-state index < -0.39 is 0 Å². The van der Waals surface area contributed by atoms with E-state index in [1.165, 1.54) is 32.1 Å². The van der Waals surface area contributed by atoms with Gasteiger partial charge in [0, 0.05) is 0 Å². The Balaban J connectivity index is 2.33. The molecule has 0 aliphatic heterocycles. The van der Waals surface area contributed by atoms with Gasteiger partial charge < -0.3 is 10.1 Å². The molecule has 0 saturated heterocycles. The third-order valence-electron chi connectivity index (χ3n) is 3.79. The van der Waals surface area contributed by atoms with E-state index >= 15 is 0 Å². The molecule has 0 spiro atoms. The Kier molecular flexibility index (Phi) is 5.26. The summed E-state index contributed by atoms with van der Waals surface area (Å²) in [7, 11) is 0. The molecule has 0 atom stereocenters. The van der Waals surface area contributed by atoms with Crippen LogP contribution in [0, 0.1) is 0 Å². The number of ether oxygens (including phenoxy) is 1. The predicted molar refractivity (Wildman–Crippen MR) is 69.8 cm³/mol. The highest BCUT2D eigenvalue weighted by Crippen LogP contribution is 2.41. The monoisotopic (exact) mass is 227 g/mol. The molecule has 16 heavy (non-hydrogen) atoms. The van der Waals surface area contributed by atoms with Crippen molar-refractivity contribution < 1.29 is 4.74 Å². The van der Waals surface area contributed by atoms with Gasteiger partial charge in [0.15, 0.2) is 0 Å². The maximum absolute atomic E-state index is 6.35. The van der Waals surface area contributed by atoms with Gasteiger partial charge in [-0.2, -0.15) is 0 Å². The summed E-state index contributed by atoms with van der Waals surface area (Å²) in [5.74, 6) is 0. The summed E-state index contributed by atoms with van der Waals surface area (Å²) in [5, 5.41) is 3.48. The van der Waals surface area contributed by atoms with Crippen LogP contribution < -0.4 is 5.32 Å². The van der Waals surface area contributed by atoms with Gasteiger partial charge in [0.05, 0.1) is 11.2 Å². The summed E-state index contributed by atoms with van der Waals surface area (Å²) in [4.78, 5) is 0.